The van der Waals surface area contributed by atoms with E-state index < -0.39 is 28.8 Å². The van der Waals surface area contributed by atoms with Gasteiger partial charge in [0, 0.05) is 27.8 Å². The van der Waals surface area contributed by atoms with E-state index >= 15 is 4.39 Å². The van der Waals surface area contributed by atoms with Gasteiger partial charge in [0.25, 0.3) is 0 Å². The van der Waals surface area contributed by atoms with Crippen molar-refractivity contribution in [3.63, 3.8) is 0 Å². The van der Waals surface area contributed by atoms with E-state index in [0.717, 1.165) is 17.7 Å². The highest BCUT2D eigenvalue weighted by atomic mass is 79.9. The van der Waals surface area contributed by atoms with Crippen LogP contribution in [0.5, 0.6) is 17.2 Å². The van der Waals surface area contributed by atoms with Crippen LogP contribution in [0.25, 0.3) is 44.5 Å². The highest BCUT2D eigenvalue weighted by Gasteiger charge is 2.24. The minimum atomic E-state index is -0.946. The summed E-state index contributed by atoms with van der Waals surface area (Å²) < 4.78 is 64.6. The van der Waals surface area contributed by atoms with Crippen molar-refractivity contribution < 1.29 is 32.5 Å². The van der Waals surface area contributed by atoms with E-state index in [4.69, 9.17) is 51.1 Å². The Morgan fingerprint density at radius 1 is 0.582 bits per heavy atom. The average Bonchev–Trinajstić information content (AvgIpc) is 3.11. The second kappa shape index (κ2) is 23.4. The molecule has 0 aliphatic heterocycles. The predicted molar refractivity (Wildman–Crippen MR) is 235 cm³/mol. The minimum absolute atomic E-state index is 0. The molecule has 0 aliphatic carbocycles. The zero-order valence-electron chi connectivity index (χ0n) is 28.1. The summed E-state index contributed by atoms with van der Waals surface area (Å²) in [5, 5.41) is 19.9. The molecule has 0 saturated carbocycles. The lowest BCUT2D eigenvalue weighted by Gasteiger charge is -2.15. The van der Waals surface area contributed by atoms with Gasteiger partial charge in [0.15, 0.2) is 0 Å². The summed E-state index contributed by atoms with van der Waals surface area (Å²) in [5.74, 6) is -3.29. The maximum absolute atomic E-state index is 15.3. The molecule has 0 bridgehead atoms. The van der Waals surface area contributed by atoms with Crippen molar-refractivity contribution >= 4 is 96.9 Å². The van der Waals surface area contributed by atoms with Gasteiger partial charge in [0.2, 0.25) is 0 Å². The first-order chi connectivity index (χ1) is 25.7. The smallest absolute Gasteiger partial charge is 0.369 e. The molecule has 55 heavy (non-hydrogen) atoms. The second-order valence-electron chi connectivity index (χ2n) is 10.7. The molecule has 0 saturated heterocycles. The van der Waals surface area contributed by atoms with Gasteiger partial charge in [-0.15, -0.1) is 70.5 Å². The van der Waals surface area contributed by atoms with Gasteiger partial charge < -0.3 is 14.9 Å². The average molecular weight is 1030 g/mol. The van der Waals surface area contributed by atoms with Crippen molar-refractivity contribution in [1.29, 1.82) is 0 Å². The van der Waals surface area contributed by atoms with Gasteiger partial charge in [-0.25, -0.2) is 17.6 Å². The first-order valence-electron chi connectivity index (χ1n) is 15.3. The number of aromatic hydroxyl groups is 2. The molecule has 0 spiro atoms. The largest absolute Gasteiger partial charge is 0.507 e. The Morgan fingerprint density at radius 3 is 1.33 bits per heavy atom. The van der Waals surface area contributed by atoms with Gasteiger partial charge in [0.1, 0.15) is 40.5 Å². The third-order valence-corrected chi connectivity index (χ3v) is 8.07. The van der Waals surface area contributed by atoms with Gasteiger partial charge in [-0.05, 0) is 48.4 Å². The zero-order chi connectivity index (χ0) is 40.1. The van der Waals surface area contributed by atoms with Crippen molar-refractivity contribution in [3.05, 3.63) is 148 Å². The Balaban J connectivity index is 0.000000321. The molecule has 0 radical (unpaired) electrons. The molecule has 6 rings (SSSR count). The molecular formula is C40H32BBr3Cl4F4O3. The van der Waals surface area contributed by atoms with E-state index in [9.17, 15) is 23.4 Å². The fourth-order valence-electron chi connectivity index (χ4n) is 5.24. The van der Waals surface area contributed by atoms with Crippen LogP contribution < -0.4 is 4.74 Å². The van der Waals surface area contributed by atoms with E-state index in [1.54, 1.807) is 60.7 Å². The highest BCUT2D eigenvalue weighted by Crippen LogP contribution is 2.44. The van der Waals surface area contributed by atoms with Crippen molar-refractivity contribution in [3.8, 4) is 61.8 Å². The number of phenolic OH excluding ortho intramolecular Hbond substituents is 2. The number of methoxy groups -OCH3 is 1. The van der Waals surface area contributed by atoms with Gasteiger partial charge >= 0.3 is 3.18 Å². The lowest BCUT2D eigenvalue weighted by molar-refractivity contribution is 0.415. The lowest BCUT2D eigenvalue weighted by atomic mass is 9.94. The maximum atomic E-state index is 15.3. The van der Waals surface area contributed by atoms with Crippen LogP contribution in [0.1, 0.15) is 13.0 Å². The van der Waals surface area contributed by atoms with Crippen molar-refractivity contribution in [2.45, 2.75) is 14.4 Å². The maximum Gasteiger partial charge on any atom is 0.369 e. The number of hydrogen-bond acceptors (Lipinski definition) is 3. The Labute approximate surface area is 363 Å². The molecule has 0 atom stereocenters. The van der Waals surface area contributed by atoms with Crippen LogP contribution >= 0.6 is 93.7 Å². The summed E-state index contributed by atoms with van der Waals surface area (Å²) in [4.78, 5) is 0. The van der Waals surface area contributed by atoms with Crippen LogP contribution in [-0.4, -0.2) is 25.8 Å². The summed E-state index contributed by atoms with van der Waals surface area (Å²) in [5.41, 5.74) is 1.53. The molecule has 0 amide bonds. The quantitative estimate of drug-likeness (QED) is 0.103. The van der Waals surface area contributed by atoms with Crippen LogP contribution in [0.4, 0.5) is 17.6 Å². The number of benzene rings is 6. The predicted octanol–water partition coefficient (Wildman–Crippen LogP) is 15.8. The highest BCUT2D eigenvalue weighted by molar-refractivity contribution is 9.69. The van der Waals surface area contributed by atoms with Crippen molar-refractivity contribution in [2.75, 3.05) is 12.4 Å². The monoisotopic (exact) mass is 1020 g/mol. The molecule has 290 valence electrons. The van der Waals surface area contributed by atoms with E-state index in [1.165, 1.54) is 31.4 Å². The SMILES string of the molecule is BrB(Br)Br.C.COc1ccccc1-c1c(F)cc(Cl)c(-c2ccccc2C)c1F.ClCCl.Oc1ccccc1-c1c(F)cc(Cl)c(-c2ccccc2O)c1F. The normalized spacial score (nSPS) is 9.98. The molecule has 0 heterocycles. The number of hydrogen-bond donors (Lipinski definition) is 2. The fraction of sp³-hybridized carbons (Fsp3) is 0.100. The molecule has 0 unspecified atom stereocenters. The molecule has 2 N–H and O–H groups in total. The standard InChI is InChI=1S/C20H15ClF2O.C18H11ClF2O2.CH2Cl2.CH4.BBr3/c1-12-7-3-4-8-13(12)18-15(21)11-16(22)19(20(18)23)14-9-5-6-10-17(14)24-2;19-12-9-13(20)17(11-6-2-4-8-15(11)23)18(21)16(12)10-5-1-3-7-14(10)22;2-1-3;;2-1(3)4/h3-11H,1-2H3;1-9,22-23H;1H2;1H4;. The van der Waals surface area contributed by atoms with E-state index in [0.29, 0.717) is 16.9 Å². The molecule has 6 aromatic carbocycles. The van der Waals surface area contributed by atoms with Crippen LogP contribution in [-0.2, 0) is 0 Å². The van der Waals surface area contributed by atoms with E-state index in [-0.39, 0.29) is 65.3 Å². The summed E-state index contributed by atoms with van der Waals surface area (Å²) in [7, 11) is 1.47. The molecule has 0 aromatic heterocycles. The zero-order valence-corrected chi connectivity index (χ0v) is 35.9. The van der Waals surface area contributed by atoms with Crippen LogP contribution in [0.15, 0.2) is 109 Å². The first kappa shape index (κ1) is 48.3. The third-order valence-electron chi connectivity index (χ3n) is 7.48. The van der Waals surface area contributed by atoms with Gasteiger partial charge in [-0.1, -0.05) is 109 Å². The number of aryl methyl sites for hydroxylation is 1. The number of phenols is 2. The number of alkyl halides is 2. The molecule has 0 fully saturated rings. The number of rotatable bonds is 5. The first-order valence-corrected chi connectivity index (χ1v) is 19.9. The van der Waals surface area contributed by atoms with Gasteiger partial charge in [-0.3, -0.25) is 0 Å². The van der Waals surface area contributed by atoms with Crippen LogP contribution in [0, 0.1) is 30.2 Å². The topological polar surface area (TPSA) is 49.7 Å². The van der Waals surface area contributed by atoms with Crippen molar-refractivity contribution in [2.24, 2.45) is 0 Å². The number of para-hydroxylation sites is 3. The Bertz CT molecular complexity index is 2130. The third kappa shape index (κ3) is 12.5. The van der Waals surface area contributed by atoms with Crippen LogP contribution in [0.2, 0.25) is 10.0 Å². The second-order valence-corrected chi connectivity index (χ2v) is 18.8. The molecular weight excluding hydrogens is 997 g/mol. The van der Waals surface area contributed by atoms with E-state index in [1.807, 2.05) is 19.1 Å². The Kier molecular flexibility index (Phi) is 20.5. The number of halogens is 11. The molecule has 0 aliphatic rings. The van der Waals surface area contributed by atoms with Crippen LogP contribution in [0.3, 0.4) is 0 Å². The van der Waals surface area contributed by atoms with Gasteiger partial charge in [-0.2, -0.15) is 0 Å². The fourth-order valence-corrected chi connectivity index (χ4v) is 5.80. The lowest BCUT2D eigenvalue weighted by Crippen LogP contribution is -1.98. The summed E-state index contributed by atoms with van der Waals surface area (Å²) >= 11 is 31.0. The molecule has 6 aromatic rings. The summed E-state index contributed by atoms with van der Waals surface area (Å²) in [6.45, 7) is 1.86. The number of ether oxygens (including phenoxy) is 1. The van der Waals surface area contributed by atoms with E-state index in [2.05, 4.69) is 47.3 Å². The molecule has 15 heteroatoms. The summed E-state index contributed by atoms with van der Waals surface area (Å²) in [6.07, 6.45) is 0. The Morgan fingerprint density at radius 2 is 0.909 bits per heavy atom. The van der Waals surface area contributed by atoms with Gasteiger partial charge in [0.05, 0.1) is 33.6 Å². The molecule has 3 nitrogen and oxygen atoms in total. The van der Waals surface area contributed by atoms with Crippen molar-refractivity contribution in [1.82, 2.24) is 0 Å². The Hall–Kier alpha value is -2.90. The minimum Gasteiger partial charge on any atom is -0.507 e. The summed E-state index contributed by atoms with van der Waals surface area (Å²) in [6, 6.07) is 28.0.